The average molecular weight is 255 g/mol. The van der Waals surface area contributed by atoms with E-state index >= 15 is 0 Å². The monoisotopic (exact) mass is 255 g/mol. The van der Waals surface area contributed by atoms with Crippen LogP contribution in [-0.4, -0.2) is 29.0 Å². The van der Waals surface area contributed by atoms with Gasteiger partial charge >= 0.3 is 6.09 Å². The van der Waals surface area contributed by atoms with Crippen LogP contribution in [0.3, 0.4) is 0 Å². The molecule has 1 aliphatic heterocycles. The summed E-state index contributed by atoms with van der Waals surface area (Å²) in [5.41, 5.74) is -0.549. The van der Waals surface area contributed by atoms with Crippen molar-refractivity contribution in [1.29, 1.82) is 0 Å². The van der Waals surface area contributed by atoms with E-state index in [0.717, 1.165) is 25.7 Å². The second-order valence-electron chi connectivity index (χ2n) is 6.03. The lowest BCUT2D eigenvalue weighted by Gasteiger charge is -2.25. The second-order valence-corrected chi connectivity index (χ2v) is 6.03. The van der Waals surface area contributed by atoms with Crippen molar-refractivity contribution in [2.45, 2.75) is 65.4 Å². The molecule has 4 nitrogen and oxygen atoms in total. The molecule has 1 fully saturated rings. The van der Waals surface area contributed by atoms with Gasteiger partial charge in [0.1, 0.15) is 5.60 Å². The van der Waals surface area contributed by atoms with Gasteiger partial charge in [0.25, 0.3) is 0 Å². The van der Waals surface area contributed by atoms with Crippen LogP contribution in [0.2, 0.25) is 0 Å². The third kappa shape index (κ3) is 4.67. The number of carbonyl (C=O) groups excluding carboxylic acids is 2. The van der Waals surface area contributed by atoms with Crippen LogP contribution < -0.4 is 0 Å². The molecule has 1 saturated heterocycles. The number of nitrogens with zero attached hydrogens (tertiary/aromatic N) is 1. The van der Waals surface area contributed by atoms with Crippen molar-refractivity contribution in [2.75, 3.05) is 6.54 Å². The van der Waals surface area contributed by atoms with Crippen LogP contribution in [0.25, 0.3) is 0 Å². The van der Waals surface area contributed by atoms with Crippen molar-refractivity contribution in [2.24, 2.45) is 5.92 Å². The summed E-state index contributed by atoms with van der Waals surface area (Å²) in [6, 6.07) is 0. The van der Waals surface area contributed by atoms with Gasteiger partial charge in [-0.05, 0) is 39.5 Å². The van der Waals surface area contributed by atoms with Crippen molar-refractivity contribution in [3.8, 4) is 0 Å². The van der Waals surface area contributed by atoms with Gasteiger partial charge in [-0.25, -0.2) is 9.69 Å². The fraction of sp³-hybridized carbons (Fsp3) is 0.857. The minimum Gasteiger partial charge on any atom is -0.443 e. The Balaban J connectivity index is 2.61. The lowest BCUT2D eigenvalue weighted by atomic mass is 9.95. The van der Waals surface area contributed by atoms with Gasteiger partial charge in [-0.3, -0.25) is 4.79 Å². The molecular weight excluding hydrogens is 230 g/mol. The second kappa shape index (κ2) is 6.21. The molecule has 0 spiro atoms. The zero-order chi connectivity index (χ0) is 13.8. The molecule has 104 valence electrons. The van der Waals surface area contributed by atoms with Crippen LogP contribution in [-0.2, 0) is 9.53 Å². The van der Waals surface area contributed by atoms with E-state index in [-0.39, 0.29) is 5.91 Å². The van der Waals surface area contributed by atoms with Crippen molar-refractivity contribution >= 4 is 12.0 Å². The molecular formula is C14H25NO3. The van der Waals surface area contributed by atoms with Gasteiger partial charge in [0, 0.05) is 13.0 Å². The summed E-state index contributed by atoms with van der Waals surface area (Å²) in [5, 5.41) is 0. The number of carbonyl (C=O) groups is 2. The maximum atomic E-state index is 12.1. The Bertz CT molecular complexity index is 307. The smallest absolute Gasteiger partial charge is 0.417 e. The molecule has 1 unspecified atom stereocenters. The molecule has 0 bridgehead atoms. The molecule has 0 saturated carbocycles. The van der Waals surface area contributed by atoms with Crippen LogP contribution in [0, 0.1) is 5.92 Å². The number of likely N-dealkylation sites (tertiary alicyclic amines) is 1. The molecule has 1 atom stereocenters. The van der Waals surface area contributed by atoms with Gasteiger partial charge in [-0.15, -0.1) is 0 Å². The Morgan fingerprint density at radius 1 is 1.44 bits per heavy atom. The number of ether oxygens (including phenoxy) is 1. The summed E-state index contributed by atoms with van der Waals surface area (Å²) < 4.78 is 5.26. The molecule has 1 rings (SSSR count). The quantitative estimate of drug-likeness (QED) is 0.760. The van der Waals surface area contributed by atoms with Gasteiger partial charge in [-0.1, -0.05) is 19.8 Å². The maximum Gasteiger partial charge on any atom is 0.417 e. The molecule has 1 heterocycles. The van der Waals surface area contributed by atoms with E-state index in [2.05, 4.69) is 6.92 Å². The first-order valence-corrected chi connectivity index (χ1v) is 6.87. The Morgan fingerprint density at radius 3 is 2.67 bits per heavy atom. The summed E-state index contributed by atoms with van der Waals surface area (Å²) in [6.45, 7) is 8.06. The average Bonchev–Trinajstić information content (AvgIpc) is 2.38. The molecule has 0 aromatic carbocycles. The summed E-state index contributed by atoms with van der Waals surface area (Å²) in [4.78, 5) is 25.3. The van der Waals surface area contributed by atoms with E-state index in [4.69, 9.17) is 4.74 Å². The number of hydrogen-bond donors (Lipinski definition) is 0. The minimum absolute atomic E-state index is 0.0831. The number of rotatable bonds is 2. The van der Waals surface area contributed by atoms with Gasteiger partial charge in [0.2, 0.25) is 5.91 Å². The number of imide groups is 1. The SMILES string of the molecule is CCCC1CCCN(C(=O)OC(C)(C)C)C(=O)C1. The Kier molecular flexibility index (Phi) is 5.17. The molecule has 0 aliphatic carbocycles. The predicted molar refractivity (Wildman–Crippen MR) is 70.2 cm³/mol. The fourth-order valence-electron chi connectivity index (χ4n) is 2.29. The normalized spacial score (nSPS) is 21.7. The van der Waals surface area contributed by atoms with Crippen LogP contribution in [0.15, 0.2) is 0 Å². The largest absolute Gasteiger partial charge is 0.443 e. The van der Waals surface area contributed by atoms with E-state index in [0.29, 0.717) is 18.9 Å². The van der Waals surface area contributed by atoms with Gasteiger partial charge in [0.15, 0.2) is 0 Å². The van der Waals surface area contributed by atoms with Gasteiger partial charge in [0.05, 0.1) is 0 Å². The molecule has 18 heavy (non-hydrogen) atoms. The summed E-state index contributed by atoms with van der Waals surface area (Å²) in [5.74, 6) is 0.343. The first-order valence-electron chi connectivity index (χ1n) is 6.87. The maximum absolute atomic E-state index is 12.1. The first kappa shape index (κ1) is 15.0. The van der Waals surface area contributed by atoms with E-state index in [9.17, 15) is 9.59 Å². The van der Waals surface area contributed by atoms with E-state index in [1.54, 1.807) is 0 Å². The van der Waals surface area contributed by atoms with Crippen molar-refractivity contribution < 1.29 is 14.3 Å². The molecule has 4 heteroatoms. The Morgan fingerprint density at radius 2 is 2.11 bits per heavy atom. The third-order valence-corrected chi connectivity index (χ3v) is 3.07. The molecule has 1 aliphatic rings. The number of amides is 2. The predicted octanol–water partition coefficient (Wildman–Crippen LogP) is 3.35. The highest BCUT2D eigenvalue weighted by Crippen LogP contribution is 2.23. The molecule has 0 radical (unpaired) electrons. The van der Waals surface area contributed by atoms with E-state index in [1.807, 2.05) is 20.8 Å². The molecule has 0 aromatic heterocycles. The van der Waals surface area contributed by atoms with E-state index in [1.165, 1.54) is 4.90 Å². The topological polar surface area (TPSA) is 46.6 Å². The van der Waals surface area contributed by atoms with Crippen LogP contribution >= 0.6 is 0 Å². The summed E-state index contributed by atoms with van der Waals surface area (Å²) in [6.07, 6.45) is 4.05. The Hall–Kier alpha value is -1.06. The molecule has 0 N–H and O–H groups in total. The highest BCUT2D eigenvalue weighted by molar-refractivity contribution is 5.92. The summed E-state index contributed by atoms with van der Waals surface area (Å²) in [7, 11) is 0. The van der Waals surface area contributed by atoms with Crippen LogP contribution in [0.4, 0.5) is 4.79 Å². The number of hydrogen-bond acceptors (Lipinski definition) is 3. The Labute approximate surface area is 110 Å². The van der Waals surface area contributed by atoms with E-state index < -0.39 is 11.7 Å². The summed E-state index contributed by atoms with van der Waals surface area (Å²) >= 11 is 0. The first-order chi connectivity index (χ1) is 8.33. The lowest BCUT2D eigenvalue weighted by Crippen LogP contribution is -2.40. The highest BCUT2D eigenvalue weighted by Gasteiger charge is 2.30. The van der Waals surface area contributed by atoms with Crippen LogP contribution in [0.5, 0.6) is 0 Å². The third-order valence-electron chi connectivity index (χ3n) is 3.07. The van der Waals surface area contributed by atoms with Crippen molar-refractivity contribution in [3.05, 3.63) is 0 Å². The lowest BCUT2D eigenvalue weighted by molar-refractivity contribution is -0.130. The highest BCUT2D eigenvalue weighted by atomic mass is 16.6. The van der Waals surface area contributed by atoms with Crippen molar-refractivity contribution in [1.82, 2.24) is 4.90 Å². The fourth-order valence-corrected chi connectivity index (χ4v) is 2.29. The van der Waals surface area contributed by atoms with Crippen LogP contribution in [0.1, 0.15) is 59.8 Å². The minimum atomic E-state index is -0.549. The molecule has 2 amide bonds. The standard InChI is InChI=1S/C14H25NO3/c1-5-7-11-8-6-9-15(12(16)10-11)13(17)18-14(2,3)4/h11H,5-10H2,1-4H3. The zero-order valence-corrected chi connectivity index (χ0v) is 12.0. The molecule has 0 aromatic rings. The zero-order valence-electron chi connectivity index (χ0n) is 12.0. The van der Waals surface area contributed by atoms with Gasteiger partial charge in [-0.2, -0.15) is 0 Å². The van der Waals surface area contributed by atoms with Crippen molar-refractivity contribution in [3.63, 3.8) is 0 Å². The van der Waals surface area contributed by atoms with Gasteiger partial charge < -0.3 is 4.74 Å².